The fourth-order valence-corrected chi connectivity index (χ4v) is 3.37. The van der Waals surface area contributed by atoms with Crippen molar-refractivity contribution in [2.75, 3.05) is 31.6 Å². The van der Waals surface area contributed by atoms with Crippen LogP contribution in [0.1, 0.15) is 20.3 Å². The van der Waals surface area contributed by atoms with Crippen LogP contribution in [0.25, 0.3) is 0 Å². The van der Waals surface area contributed by atoms with E-state index in [1.165, 1.54) is 0 Å². The topological polar surface area (TPSA) is 66.6 Å². The summed E-state index contributed by atoms with van der Waals surface area (Å²) in [5.74, 6) is -0.842. The number of carbonyl (C=O) groups excluding carboxylic acids is 2. The standard InChI is InChI=1S/C17H24BrN3O2/c1-17(2,10-19)11-20(3)15(22)12-8-9-21(16(12)23)14-7-5-4-6-13(14)18/h4-7,12H,8-11,19H2,1-3H3. The van der Waals surface area contributed by atoms with E-state index in [0.717, 1.165) is 10.2 Å². The molecule has 5 nitrogen and oxygen atoms in total. The zero-order valence-corrected chi connectivity index (χ0v) is 15.5. The molecule has 2 amide bonds. The van der Waals surface area contributed by atoms with Crippen LogP contribution in [0.5, 0.6) is 0 Å². The molecule has 1 aromatic rings. The van der Waals surface area contributed by atoms with Crippen molar-refractivity contribution >= 4 is 33.4 Å². The third kappa shape index (κ3) is 3.93. The van der Waals surface area contributed by atoms with Crippen LogP contribution in [-0.4, -0.2) is 43.4 Å². The number of amides is 2. The summed E-state index contributed by atoms with van der Waals surface area (Å²) < 4.78 is 0.860. The second-order valence-corrected chi connectivity index (χ2v) is 7.70. The van der Waals surface area contributed by atoms with Gasteiger partial charge in [-0.3, -0.25) is 9.59 Å². The molecule has 0 saturated carbocycles. The minimum absolute atomic E-state index is 0.119. The smallest absolute Gasteiger partial charge is 0.239 e. The number of halogens is 1. The molecule has 0 aliphatic carbocycles. The van der Waals surface area contributed by atoms with Crippen LogP contribution in [0.15, 0.2) is 28.7 Å². The zero-order chi connectivity index (χ0) is 17.2. The lowest BCUT2D eigenvalue weighted by atomic mass is 9.92. The number of para-hydroxylation sites is 1. The predicted octanol–water partition coefficient (Wildman–Crippen LogP) is 2.25. The van der Waals surface area contributed by atoms with Gasteiger partial charge in [0, 0.05) is 24.6 Å². The third-order valence-electron chi connectivity index (χ3n) is 4.24. The summed E-state index contributed by atoms with van der Waals surface area (Å²) in [6.45, 7) is 5.63. The largest absolute Gasteiger partial charge is 0.344 e. The highest BCUT2D eigenvalue weighted by Gasteiger charge is 2.40. The summed E-state index contributed by atoms with van der Waals surface area (Å²) in [7, 11) is 1.74. The highest BCUT2D eigenvalue weighted by molar-refractivity contribution is 9.10. The van der Waals surface area contributed by atoms with Crippen molar-refractivity contribution in [3.05, 3.63) is 28.7 Å². The molecule has 1 aliphatic rings. The maximum atomic E-state index is 12.7. The minimum atomic E-state index is -0.597. The van der Waals surface area contributed by atoms with E-state index >= 15 is 0 Å². The van der Waals surface area contributed by atoms with Gasteiger partial charge in [0.2, 0.25) is 11.8 Å². The Labute approximate surface area is 145 Å². The first kappa shape index (κ1) is 17.9. The van der Waals surface area contributed by atoms with Gasteiger partial charge >= 0.3 is 0 Å². The second-order valence-electron chi connectivity index (χ2n) is 6.85. The first-order valence-corrected chi connectivity index (χ1v) is 8.57. The van der Waals surface area contributed by atoms with E-state index in [1.807, 2.05) is 38.1 Å². The van der Waals surface area contributed by atoms with Crippen LogP contribution in [-0.2, 0) is 9.59 Å². The van der Waals surface area contributed by atoms with Crippen LogP contribution >= 0.6 is 15.9 Å². The van der Waals surface area contributed by atoms with Gasteiger partial charge in [-0.15, -0.1) is 0 Å². The van der Waals surface area contributed by atoms with Crippen molar-refractivity contribution in [1.29, 1.82) is 0 Å². The summed E-state index contributed by atoms with van der Waals surface area (Å²) in [4.78, 5) is 28.6. The Kier molecular flexibility index (Phi) is 5.47. The number of nitrogens with two attached hydrogens (primary N) is 1. The number of hydrogen-bond donors (Lipinski definition) is 1. The molecular formula is C17H24BrN3O2. The van der Waals surface area contributed by atoms with Crippen molar-refractivity contribution in [3.63, 3.8) is 0 Å². The molecule has 23 heavy (non-hydrogen) atoms. The van der Waals surface area contributed by atoms with Gasteiger partial charge in [0.05, 0.1) is 5.69 Å². The molecule has 126 valence electrons. The van der Waals surface area contributed by atoms with Gasteiger partial charge in [-0.05, 0) is 46.4 Å². The van der Waals surface area contributed by atoms with E-state index in [1.54, 1.807) is 16.8 Å². The van der Waals surface area contributed by atoms with Gasteiger partial charge in [0.25, 0.3) is 0 Å². The summed E-state index contributed by atoms with van der Waals surface area (Å²) >= 11 is 3.47. The molecule has 2 rings (SSSR count). The molecule has 1 heterocycles. The molecule has 1 unspecified atom stereocenters. The van der Waals surface area contributed by atoms with E-state index < -0.39 is 5.92 Å². The maximum Gasteiger partial charge on any atom is 0.239 e. The number of benzene rings is 1. The van der Waals surface area contributed by atoms with Crippen LogP contribution in [0, 0.1) is 11.3 Å². The van der Waals surface area contributed by atoms with Crippen LogP contribution in [0.2, 0.25) is 0 Å². The van der Waals surface area contributed by atoms with E-state index in [9.17, 15) is 9.59 Å². The molecule has 1 aromatic carbocycles. The summed E-state index contributed by atoms with van der Waals surface area (Å²) in [6.07, 6.45) is 0.548. The predicted molar refractivity (Wildman–Crippen MR) is 95.1 cm³/mol. The Morgan fingerprint density at radius 1 is 1.43 bits per heavy atom. The lowest BCUT2D eigenvalue weighted by molar-refractivity contribution is -0.139. The molecule has 0 aromatic heterocycles. The molecule has 6 heteroatoms. The first-order valence-electron chi connectivity index (χ1n) is 7.78. The van der Waals surface area contributed by atoms with Crippen molar-refractivity contribution in [2.24, 2.45) is 17.1 Å². The lowest BCUT2D eigenvalue weighted by Gasteiger charge is -2.30. The van der Waals surface area contributed by atoms with Gasteiger partial charge in [0.15, 0.2) is 0 Å². The lowest BCUT2D eigenvalue weighted by Crippen LogP contribution is -2.44. The van der Waals surface area contributed by atoms with Gasteiger partial charge in [-0.1, -0.05) is 26.0 Å². The molecule has 1 atom stereocenters. The first-order chi connectivity index (χ1) is 10.8. The summed E-state index contributed by atoms with van der Waals surface area (Å²) in [5.41, 5.74) is 6.39. The van der Waals surface area contributed by atoms with E-state index in [-0.39, 0.29) is 17.2 Å². The molecule has 1 aliphatic heterocycles. The fourth-order valence-electron chi connectivity index (χ4n) is 2.87. The van der Waals surface area contributed by atoms with Gasteiger partial charge in [-0.25, -0.2) is 0 Å². The highest BCUT2D eigenvalue weighted by Crippen LogP contribution is 2.32. The SMILES string of the molecule is CN(CC(C)(C)CN)C(=O)C1CCN(c2ccccc2Br)C1=O. The molecule has 2 N–H and O–H groups in total. The monoisotopic (exact) mass is 381 g/mol. The number of nitrogens with zero attached hydrogens (tertiary/aromatic N) is 2. The van der Waals surface area contributed by atoms with Crippen molar-refractivity contribution in [2.45, 2.75) is 20.3 Å². The normalized spacial score (nSPS) is 18.4. The van der Waals surface area contributed by atoms with E-state index in [0.29, 0.717) is 26.1 Å². The van der Waals surface area contributed by atoms with E-state index in [2.05, 4.69) is 15.9 Å². The van der Waals surface area contributed by atoms with Crippen molar-refractivity contribution in [1.82, 2.24) is 4.90 Å². The Balaban J connectivity index is 2.10. The van der Waals surface area contributed by atoms with Crippen molar-refractivity contribution < 1.29 is 9.59 Å². The molecule has 0 radical (unpaired) electrons. The van der Waals surface area contributed by atoms with Gasteiger partial charge < -0.3 is 15.5 Å². The Morgan fingerprint density at radius 2 is 2.09 bits per heavy atom. The quantitative estimate of drug-likeness (QED) is 0.795. The highest BCUT2D eigenvalue weighted by atomic mass is 79.9. The number of rotatable bonds is 5. The zero-order valence-electron chi connectivity index (χ0n) is 13.9. The van der Waals surface area contributed by atoms with Crippen LogP contribution in [0.4, 0.5) is 5.69 Å². The Bertz CT molecular complexity index is 603. The number of carbonyl (C=O) groups is 2. The van der Waals surface area contributed by atoms with Gasteiger partial charge in [-0.2, -0.15) is 0 Å². The Morgan fingerprint density at radius 3 is 2.70 bits per heavy atom. The average molecular weight is 382 g/mol. The van der Waals surface area contributed by atoms with Gasteiger partial charge in [0.1, 0.15) is 5.92 Å². The summed E-state index contributed by atoms with van der Waals surface area (Å²) in [5, 5.41) is 0. The van der Waals surface area contributed by atoms with Crippen LogP contribution < -0.4 is 10.6 Å². The van der Waals surface area contributed by atoms with Crippen molar-refractivity contribution in [3.8, 4) is 0 Å². The fraction of sp³-hybridized carbons (Fsp3) is 0.529. The molecule has 0 spiro atoms. The van der Waals surface area contributed by atoms with Crippen LogP contribution in [0.3, 0.4) is 0 Å². The average Bonchev–Trinajstić information content (AvgIpc) is 2.88. The Hall–Kier alpha value is -1.40. The van der Waals surface area contributed by atoms with E-state index in [4.69, 9.17) is 5.73 Å². The summed E-state index contributed by atoms with van der Waals surface area (Å²) in [6, 6.07) is 7.57. The minimum Gasteiger partial charge on any atom is -0.344 e. The molecule has 1 saturated heterocycles. The molecule has 0 bridgehead atoms. The number of anilines is 1. The number of hydrogen-bond acceptors (Lipinski definition) is 3. The molecular weight excluding hydrogens is 358 g/mol. The maximum absolute atomic E-state index is 12.7. The second kappa shape index (κ2) is 7.01. The third-order valence-corrected chi connectivity index (χ3v) is 4.91. The molecule has 1 fully saturated rings.